The summed E-state index contributed by atoms with van der Waals surface area (Å²) in [4.78, 5) is 64.7. The molecule has 0 unspecified atom stereocenters. The lowest BCUT2D eigenvalue weighted by molar-refractivity contribution is -0.0522. The quantitative estimate of drug-likeness (QED) is 0.0136. The molecule has 18 aliphatic carbocycles. The molecule has 12 N–H and O–H groups in total. The molecule has 25 rings (SSSR count). The molecule has 18 saturated carbocycles. The maximum atomic E-state index is 14.7. The van der Waals surface area contributed by atoms with Crippen LogP contribution in [0.4, 0.5) is 38.5 Å². The highest BCUT2D eigenvalue weighted by Crippen LogP contribution is 2.66. The lowest BCUT2D eigenvalue weighted by atomic mass is 9.48. The van der Waals surface area contributed by atoms with Gasteiger partial charge in [0.15, 0.2) is 18.2 Å². The molecule has 1 heterocycles. The first-order valence-corrected chi connectivity index (χ1v) is 54.1. The predicted octanol–water partition coefficient (Wildman–Crippen LogP) is 27.6. The monoisotopic (exact) mass is 1930 g/mol. The maximum absolute atomic E-state index is 14.7. The van der Waals surface area contributed by atoms with Gasteiger partial charge in [-0.05, 0) is 473 Å². The van der Waals surface area contributed by atoms with Gasteiger partial charge in [0.1, 0.15) is 22.6 Å². The van der Waals surface area contributed by atoms with E-state index in [4.69, 9.17) is 75.9 Å². The summed E-state index contributed by atoms with van der Waals surface area (Å²) in [5, 5.41) is 4.32. The second-order valence-corrected chi connectivity index (χ2v) is 50.6. The van der Waals surface area contributed by atoms with Crippen molar-refractivity contribution in [3.05, 3.63) is 174 Å². The molecule has 16 bridgehead atoms. The summed E-state index contributed by atoms with van der Waals surface area (Å²) in [6.45, 7) is 22.3. The number of aromatic nitrogens is 2. The predicted molar refractivity (Wildman–Crippen MR) is 560 cm³/mol. The van der Waals surface area contributed by atoms with E-state index in [1.165, 1.54) is 247 Å². The van der Waals surface area contributed by atoms with Gasteiger partial charge < -0.3 is 57.9 Å². The van der Waals surface area contributed by atoms with Gasteiger partial charge in [0.25, 0.3) is 5.89 Å². The first-order valence-electron chi connectivity index (χ1n) is 53.7. The van der Waals surface area contributed by atoms with Crippen LogP contribution in [0.2, 0.25) is 5.02 Å². The number of hydrogen-bond acceptors (Lipinski definition) is 18. The van der Waals surface area contributed by atoms with Crippen LogP contribution in [0.3, 0.4) is 0 Å². The number of anilines is 6. The Balaban J connectivity index is 0.000000122. The molecule has 18 nitrogen and oxygen atoms in total. The minimum atomic E-state index is -0.657. The fourth-order valence-electron chi connectivity index (χ4n) is 30.6. The number of ketones is 1. The van der Waals surface area contributed by atoms with E-state index in [0.717, 1.165) is 172 Å². The molecule has 20 heteroatoms. The summed E-state index contributed by atoms with van der Waals surface area (Å²) in [6, 6.07) is 28.1. The zero-order valence-corrected chi connectivity index (χ0v) is 87.0. The van der Waals surface area contributed by atoms with Gasteiger partial charge in [0, 0.05) is 51.7 Å². The molecular formula is C120H162ClFN8O10. The van der Waals surface area contributed by atoms with Crippen molar-refractivity contribution >= 4 is 75.4 Å². The van der Waals surface area contributed by atoms with Crippen LogP contribution in [0.1, 0.15) is 391 Å². The number of nitrogens with zero attached hydrogens (tertiary/aromatic N) is 2. The summed E-state index contributed by atoms with van der Waals surface area (Å²) >= 11 is 6.46. The molecule has 18 fully saturated rings. The van der Waals surface area contributed by atoms with Crippen LogP contribution in [-0.4, -0.2) is 63.2 Å². The number of rotatable bonds is 20. The molecule has 0 saturated heterocycles. The molecule has 18 aliphatic rings. The second-order valence-electron chi connectivity index (χ2n) is 50.2. The lowest BCUT2D eigenvalue weighted by Crippen LogP contribution is -2.47. The van der Waals surface area contributed by atoms with E-state index in [0.29, 0.717) is 78.6 Å². The number of Topliss-reactive ketones (excluding diaryl/α,β-unsaturated/α-hetero) is 1. The number of aryl methyl sites for hydroxylation is 2. The van der Waals surface area contributed by atoms with Crippen molar-refractivity contribution in [3.8, 4) is 23.8 Å². The number of ether oxygens (including phenoxy) is 4. The van der Waals surface area contributed by atoms with Crippen LogP contribution >= 0.6 is 11.6 Å². The summed E-state index contributed by atoms with van der Waals surface area (Å²) < 4.78 is 41.1. The van der Waals surface area contributed by atoms with E-state index in [2.05, 4.69) is 34.3 Å². The Kier molecular flexibility index (Phi) is 31.7. The molecule has 0 radical (unpaired) electrons. The number of nitrogens with two attached hydrogens (primary N) is 6. The highest BCUT2D eigenvalue weighted by molar-refractivity contribution is 6.33. The van der Waals surface area contributed by atoms with Crippen LogP contribution in [0, 0.1) is 137 Å². The number of carbonyl (C=O) groups is 5. The van der Waals surface area contributed by atoms with Crippen molar-refractivity contribution in [1.82, 2.24) is 10.1 Å². The largest absolute Gasteiger partial charge is 0.456 e. The normalized spacial score (nSPS) is 28.4. The van der Waals surface area contributed by atoms with Gasteiger partial charge in [-0.2, -0.15) is 4.98 Å². The third-order valence-electron chi connectivity index (χ3n) is 34.6. The van der Waals surface area contributed by atoms with Crippen molar-refractivity contribution in [2.75, 3.05) is 41.0 Å². The van der Waals surface area contributed by atoms with Gasteiger partial charge in [-0.25, -0.2) is 23.6 Å². The average molecular weight is 1930 g/mol. The number of benzene rings is 6. The minimum Gasteiger partial charge on any atom is -0.456 e. The molecule has 140 heavy (non-hydrogen) atoms. The Morgan fingerprint density at radius 3 is 1.11 bits per heavy atom. The summed E-state index contributed by atoms with van der Waals surface area (Å²) in [7, 11) is 0. The van der Waals surface area contributed by atoms with Crippen LogP contribution in [0.25, 0.3) is 11.5 Å². The maximum Gasteiger partial charge on any atom is 0.341 e. The molecular weight excluding hydrogens is 1770 g/mol. The zero-order valence-electron chi connectivity index (χ0n) is 86.2. The number of hydrogen-bond donors (Lipinski definition) is 6. The third-order valence-corrected chi connectivity index (χ3v) is 34.9. The molecule has 7 aromatic rings. The van der Waals surface area contributed by atoms with Gasteiger partial charge in [0.2, 0.25) is 0 Å². The summed E-state index contributed by atoms with van der Waals surface area (Å²) in [5.74, 6) is 14.0. The minimum absolute atomic E-state index is 0.0113. The number of halogens is 2. The fourth-order valence-corrected chi connectivity index (χ4v) is 30.9. The Bertz CT molecular complexity index is 5230. The number of esters is 4. The molecule has 756 valence electrons. The van der Waals surface area contributed by atoms with E-state index >= 15 is 0 Å². The van der Waals surface area contributed by atoms with Crippen molar-refractivity contribution in [1.29, 1.82) is 0 Å². The first-order chi connectivity index (χ1) is 66.4. The van der Waals surface area contributed by atoms with Crippen molar-refractivity contribution in [3.63, 3.8) is 0 Å². The second kappa shape index (κ2) is 42.9. The van der Waals surface area contributed by atoms with Gasteiger partial charge >= 0.3 is 23.9 Å². The van der Waals surface area contributed by atoms with Gasteiger partial charge in [-0.1, -0.05) is 124 Å². The van der Waals surface area contributed by atoms with Gasteiger partial charge in [0.05, 0.1) is 27.3 Å². The Morgan fingerprint density at radius 2 is 0.743 bits per heavy atom. The third kappa shape index (κ3) is 26.0. The van der Waals surface area contributed by atoms with Crippen molar-refractivity contribution in [2.45, 2.75) is 363 Å². The first kappa shape index (κ1) is 103. The smallest absolute Gasteiger partial charge is 0.341 e. The molecule has 0 spiro atoms. The van der Waals surface area contributed by atoms with Gasteiger partial charge in [-0.3, -0.25) is 4.79 Å². The van der Waals surface area contributed by atoms with E-state index in [1.807, 2.05) is 105 Å². The van der Waals surface area contributed by atoms with Crippen LogP contribution in [0.5, 0.6) is 0 Å². The van der Waals surface area contributed by atoms with E-state index in [-0.39, 0.29) is 23.9 Å². The van der Waals surface area contributed by atoms with Crippen LogP contribution in [-0.2, 0) is 57.5 Å². The Labute approximate surface area is 839 Å². The number of nitrogen functional groups attached to an aromatic ring is 6. The zero-order chi connectivity index (χ0) is 99.7. The summed E-state index contributed by atoms with van der Waals surface area (Å²) in [6.07, 6.45) is 58.6. The molecule has 0 atom stereocenters. The molecule has 1 aromatic heterocycles. The van der Waals surface area contributed by atoms with Crippen LogP contribution < -0.4 is 34.4 Å². The SMILES string of the molecule is C#CCOC(=O)c1ccc(CC2CCCCC2)c(N)c1.CC(C)(C)OC(=O)c1cc(N)c(CC23CC4CC(CC(C4)C2)C3)cc1Cl.CC(C)(C)OC(=O)c1cc(N)c(CC23CC4CC(CC(C4)C2)C3)cc1F.CCC(=O)c1ccc(CC2CCCCC2)c(N)c1.Cc1cc(CC23CC4CC(CC(C4)C2)C3)c(N)cc1C(=O)OC(C)(C)C.Cc1noc(-c2ccc(CC34CC5CC(CC(C5)C3)C4)c(N)c2)n1. The summed E-state index contributed by atoms with van der Waals surface area (Å²) in [5.41, 5.74) is 52.7. The number of terminal acetylenes is 1. The highest BCUT2D eigenvalue weighted by atomic mass is 35.5. The average Bonchev–Trinajstić information content (AvgIpc) is 0.782. The molecule has 6 aromatic carbocycles. The van der Waals surface area contributed by atoms with E-state index in [9.17, 15) is 28.4 Å². The highest BCUT2D eigenvalue weighted by Gasteiger charge is 2.55. The Hall–Kier alpha value is -9.41. The Morgan fingerprint density at radius 1 is 0.414 bits per heavy atom. The molecule has 0 amide bonds. The number of carbonyl (C=O) groups excluding carboxylic acids is 5. The van der Waals surface area contributed by atoms with E-state index in [1.54, 1.807) is 39.0 Å². The van der Waals surface area contributed by atoms with Crippen molar-refractivity contribution in [2.24, 2.45) is 105 Å². The van der Waals surface area contributed by atoms with Crippen molar-refractivity contribution < 1.29 is 51.8 Å². The van der Waals surface area contributed by atoms with Crippen LogP contribution in [0.15, 0.2) is 95.5 Å². The standard InChI is InChI=1S/C23H33NO2.C22H30ClNO2.C22H30FNO2.C20H25N3O.C17H21NO2.C16H23NO/c1-14-5-18(20(24)9-19(14)21(25)26-22(2,3)4)13-23-10-15-6-16(11-23)8-17(7-15)12-23;2*1-21(2,3)26-20(25)17-8-19(24)16(7-18(17)23)12-22-9-13-4-14(10-22)6-15(5-13)11-22;1-12-22-19(24-23-12)16-2-3-17(18(21)7-16)11-20-8-13-4-14(9-20)6-15(5-13)10-20;1-2-10-20-17(19)15-9-8-14(16(18)12-15)11-13-6-4-3-5-7-13;1-2-16(18)14-9-8-13(15(17)11-14)10-12-6-4-3-5-7-12/h5,9,15-17H,6-8,10-13,24H2,1-4H3;2*7-8,13-15H,4-6,9-12,24H2,1-3H3;2-3,7,13-15H,4-6,8-11,21H2,1H3;1,8-9,12-13H,3-7,10-11,18H2;8-9,11-12H,2-7,10,17H2,1H3. The topological polar surface area (TPSA) is 317 Å². The van der Waals surface area contributed by atoms with E-state index < -0.39 is 40.5 Å². The van der Waals surface area contributed by atoms with Gasteiger partial charge in [-0.15, -0.1) is 6.42 Å². The molecule has 0 aliphatic heterocycles. The lowest BCUT2D eigenvalue weighted by Gasteiger charge is -2.57. The fraction of sp³-hybridized carbons (Fsp3) is 0.625.